The molecule has 2 N–H and O–H groups in total. The lowest BCUT2D eigenvalue weighted by atomic mass is 10.1. The van der Waals surface area contributed by atoms with E-state index in [0.29, 0.717) is 24.6 Å². The minimum absolute atomic E-state index is 0.0653. The summed E-state index contributed by atoms with van der Waals surface area (Å²) in [5, 5.41) is 12.4. The Morgan fingerprint density at radius 3 is 2.68 bits per heavy atom. The molecule has 1 amide bonds. The van der Waals surface area contributed by atoms with E-state index in [9.17, 15) is 9.90 Å². The van der Waals surface area contributed by atoms with E-state index in [2.05, 4.69) is 5.32 Å². The molecule has 1 aliphatic carbocycles. The number of carbonyl (C=O) groups excluding carboxylic acids is 1. The normalized spacial score (nSPS) is 22.2. The standard InChI is InChI=1S/C15H21NO3/c1-2-19-14-7-4-12(5-8-14)15(18)16-10-11-3-6-13(17)9-11/h4-5,7-8,11,13,17H,2-3,6,9-10H2,1H3,(H,16,18). The van der Waals surface area contributed by atoms with Gasteiger partial charge in [-0.05, 0) is 56.4 Å². The zero-order chi connectivity index (χ0) is 13.7. The van der Waals surface area contributed by atoms with E-state index in [0.717, 1.165) is 25.0 Å². The highest BCUT2D eigenvalue weighted by Crippen LogP contribution is 2.24. The Bertz CT molecular complexity index is 416. The van der Waals surface area contributed by atoms with Gasteiger partial charge < -0.3 is 15.2 Å². The fourth-order valence-corrected chi connectivity index (χ4v) is 2.44. The summed E-state index contributed by atoms with van der Waals surface area (Å²) in [4.78, 5) is 11.9. The molecule has 104 valence electrons. The van der Waals surface area contributed by atoms with Gasteiger partial charge in [-0.2, -0.15) is 0 Å². The van der Waals surface area contributed by atoms with Crippen molar-refractivity contribution in [3.8, 4) is 5.75 Å². The first kappa shape index (κ1) is 13.9. The van der Waals surface area contributed by atoms with Crippen LogP contribution in [0.25, 0.3) is 0 Å². The fourth-order valence-electron chi connectivity index (χ4n) is 2.44. The van der Waals surface area contributed by atoms with Gasteiger partial charge >= 0.3 is 0 Å². The van der Waals surface area contributed by atoms with Crippen LogP contribution in [0.3, 0.4) is 0 Å². The van der Waals surface area contributed by atoms with Crippen molar-refractivity contribution < 1.29 is 14.6 Å². The van der Waals surface area contributed by atoms with E-state index in [4.69, 9.17) is 4.74 Å². The van der Waals surface area contributed by atoms with Gasteiger partial charge in [0.05, 0.1) is 12.7 Å². The predicted molar refractivity (Wildman–Crippen MR) is 73.3 cm³/mol. The minimum atomic E-state index is -0.188. The summed E-state index contributed by atoms with van der Waals surface area (Å²) in [6, 6.07) is 7.14. The monoisotopic (exact) mass is 263 g/mol. The maximum atomic E-state index is 11.9. The third-order valence-corrected chi connectivity index (χ3v) is 3.49. The molecular formula is C15H21NO3. The summed E-state index contributed by atoms with van der Waals surface area (Å²) in [6.45, 7) is 3.19. The molecule has 1 aromatic carbocycles. The molecule has 2 atom stereocenters. The van der Waals surface area contributed by atoms with Crippen LogP contribution in [0.15, 0.2) is 24.3 Å². The van der Waals surface area contributed by atoms with Crippen molar-refractivity contribution in [2.24, 2.45) is 5.92 Å². The van der Waals surface area contributed by atoms with E-state index in [1.165, 1.54) is 0 Å². The molecule has 0 saturated heterocycles. The van der Waals surface area contributed by atoms with Gasteiger partial charge in [0.25, 0.3) is 5.91 Å². The molecule has 0 spiro atoms. The van der Waals surface area contributed by atoms with Crippen molar-refractivity contribution in [1.82, 2.24) is 5.32 Å². The lowest BCUT2D eigenvalue weighted by Gasteiger charge is -2.11. The second-order valence-corrected chi connectivity index (χ2v) is 5.00. The van der Waals surface area contributed by atoms with Crippen LogP contribution in [-0.4, -0.2) is 30.3 Å². The molecule has 2 unspecified atom stereocenters. The summed E-state index contributed by atoms with van der Waals surface area (Å²) < 4.78 is 5.33. The lowest BCUT2D eigenvalue weighted by Crippen LogP contribution is -2.28. The molecule has 1 saturated carbocycles. The number of benzene rings is 1. The molecule has 2 rings (SSSR count). The van der Waals surface area contributed by atoms with Gasteiger partial charge in [-0.25, -0.2) is 0 Å². The Labute approximate surface area is 113 Å². The fraction of sp³-hybridized carbons (Fsp3) is 0.533. The number of hydrogen-bond acceptors (Lipinski definition) is 3. The molecule has 4 nitrogen and oxygen atoms in total. The molecule has 1 aromatic rings. The highest BCUT2D eigenvalue weighted by Gasteiger charge is 2.23. The second kappa shape index (κ2) is 6.57. The molecule has 0 aliphatic heterocycles. The number of hydrogen-bond donors (Lipinski definition) is 2. The predicted octanol–water partition coefficient (Wildman–Crippen LogP) is 1.98. The van der Waals surface area contributed by atoms with E-state index < -0.39 is 0 Å². The van der Waals surface area contributed by atoms with E-state index in [1.54, 1.807) is 24.3 Å². The number of nitrogens with one attached hydrogen (secondary N) is 1. The lowest BCUT2D eigenvalue weighted by molar-refractivity contribution is 0.0945. The molecule has 0 radical (unpaired) electrons. The highest BCUT2D eigenvalue weighted by atomic mass is 16.5. The average molecular weight is 263 g/mol. The Morgan fingerprint density at radius 2 is 2.11 bits per heavy atom. The van der Waals surface area contributed by atoms with Crippen LogP contribution in [0.5, 0.6) is 5.75 Å². The maximum absolute atomic E-state index is 11.9. The van der Waals surface area contributed by atoms with E-state index in [1.807, 2.05) is 6.92 Å². The van der Waals surface area contributed by atoms with Crippen LogP contribution >= 0.6 is 0 Å². The highest BCUT2D eigenvalue weighted by molar-refractivity contribution is 5.94. The van der Waals surface area contributed by atoms with Crippen LogP contribution in [0, 0.1) is 5.92 Å². The number of amides is 1. The van der Waals surface area contributed by atoms with Crippen molar-refractivity contribution in [2.75, 3.05) is 13.2 Å². The van der Waals surface area contributed by atoms with Gasteiger partial charge in [0.15, 0.2) is 0 Å². The van der Waals surface area contributed by atoms with Crippen molar-refractivity contribution in [1.29, 1.82) is 0 Å². The molecular weight excluding hydrogens is 242 g/mol. The number of aliphatic hydroxyl groups is 1. The van der Waals surface area contributed by atoms with Crippen molar-refractivity contribution in [3.63, 3.8) is 0 Å². The van der Waals surface area contributed by atoms with Crippen molar-refractivity contribution >= 4 is 5.91 Å². The third kappa shape index (κ3) is 3.96. The Hall–Kier alpha value is -1.55. The maximum Gasteiger partial charge on any atom is 0.251 e. The van der Waals surface area contributed by atoms with Gasteiger partial charge in [0, 0.05) is 12.1 Å². The number of aliphatic hydroxyl groups excluding tert-OH is 1. The van der Waals surface area contributed by atoms with Gasteiger partial charge in [0.1, 0.15) is 5.75 Å². The van der Waals surface area contributed by atoms with Crippen LogP contribution in [0.2, 0.25) is 0 Å². The molecule has 19 heavy (non-hydrogen) atoms. The number of carbonyl (C=O) groups is 1. The Kier molecular flexibility index (Phi) is 4.80. The van der Waals surface area contributed by atoms with Crippen LogP contribution in [-0.2, 0) is 0 Å². The van der Waals surface area contributed by atoms with E-state index >= 15 is 0 Å². The zero-order valence-electron chi connectivity index (χ0n) is 11.3. The minimum Gasteiger partial charge on any atom is -0.494 e. The second-order valence-electron chi connectivity index (χ2n) is 5.00. The molecule has 1 aliphatic rings. The average Bonchev–Trinajstić information content (AvgIpc) is 2.83. The summed E-state index contributed by atoms with van der Waals surface area (Å²) in [5.74, 6) is 1.11. The summed E-state index contributed by atoms with van der Waals surface area (Å²) in [7, 11) is 0. The van der Waals surface area contributed by atoms with Gasteiger partial charge in [-0.15, -0.1) is 0 Å². The third-order valence-electron chi connectivity index (χ3n) is 3.49. The number of ether oxygens (including phenoxy) is 1. The van der Waals surface area contributed by atoms with Crippen LogP contribution < -0.4 is 10.1 Å². The Balaban J connectivity index is 1.82. The quantitative estimate of drug-likeness (QED) is 0.854. The molecule has 0 aromatic heterocycles. The van der Waals surface area contributed by atoms with Gasteiger partial charge in [0.2, 0.25) is 0 Å². The first-order valence-corrected chi connectivity index (χ1v) is 6.88. The van der Waals surface area contributed by atoms with E-state index in [-0.39, 0.29) is 12.0 Å². The summed E-state index contributed by atoms with van der Waals surface area (Å²) >= 11 is 0. The molecule has 0 bridgehead atoms. The topological polar surface area (TPSA) is 58.6 Å². The van der Waals surface area contributed by atoms with Crippen LogP contribution in [0.4, 0.5) is 0 Å². The first-order valence-electron chi connectivity index (χ1n) is 6.88. The summed E-state index contributed by atoms with van der Waals surface area (Å²) in [5.41, 5.74) is 0.641. The largest absolute Gasteiger partial charge is 0.494 e. The summed E-state index contributed by atoms with van der Waals surface area (Å²) in [6.07, 6.45) is 2.45. The SMILES string of the molecule is CCOc1ccc(C(=O)NCC2CCC(O)C2)cc1. The van der Waals surface area contributed by atoms with Crippen molar-refractivity contribution in [2.45, 2.75) is 32.3 Å². The first-order chi connectivity index (χ1) is 9.19. The number of rotatable bonds is 5. The van der Waals surface area contributed by atoms with Gasteiger partial charge in [-0.3, -0.25) is 4.79 Å². The van der Waals surface area contributed by atoms with Crippen LogP contribution in [0.1, 0.15) is 36.5 Å². The zero-order valence-corrected chi connectivity index (χ0v) is 11.3. The smallest absolute Gasteiger partial charge is 0.251 e. The van der Waals surface area contributed by atoms with Crippen molar-refractivity contribution in [3.05, 3.63) is 29.8 Å². The molecule has 4 heteroatoms. The molecule has 0 heterocycles. The Morgan fingerprint density at radius 1 is 1.37 bits per heavy atom. The molecule has 1 fully saturated rings. The van der Waals surface area contributed by atoms with Gasteiger partial charge in [-0.1, -0.05) is 0 Å².